The molecular formula is C10H14O3. The molecule has 0 heterocycles. The molecular weight excluding hydrogens is 168 g/mol. The fourth-order valence-corrected chi connectivity index (χ4v) is 0.850. The van der Waals surface area contributed by atoms with E-state index >= 15 is 0 Å². The molecule has 72 valence electrons. The van der Waals surface area contributed by atoms with Crippen LogP contribution in [-0.2, 0) is 4.74 Å². The molecule has 0 aliphatic rings. The quantitative estimate of drug-likeness (QED) is 0.728. The normalized spacial score (nSPS) is 11.3. The van der Waals surface area contributed by atoms with Crippen molar-refractivity contribution in [3.8, 4) is 11.5 Å². The molecule has 0 bridgehead atoms. The highest BCUT2D eigenvalue weighted by atomic mass is 16.7. The van der Waals surface area contributed by atoms with E-state index in [0.717, 1.165) is 0 Å². The summed E-state index contributed by atoms with van der Waals surface area (Å²) in [6.45, 7) is 3.55. The van der Waals surface area contributed by atoms with Gasteiger partial charge in [0, 0.05) is 21.0 Å². The Morgan fingerprint density at radius 1 is 1.23 bits per heavy atom. The van der Waals surface area contributed by atoms with E-state index in [4.69, 9.17) is 9.47 Å². The second-order valence-corrected chi connectivity index (χ2v) is 3.17. The topological polar surface area (TPSA) is 38.7 Å². The number of ether oxygens (including phenoxy) is 2. The summed E-state index contributed by atoms with van der Waals surface area (Å²) < 4.78 is 10.5. The highest BCUT2D eigenvalue weighted by Crippen LogP contribution is 2.28. The molecule has 3 nitrogen and oxygen atoms in total. The number of methoxy groups -OCH3 is 1. The number of rotatable bonds is 3. The van der Waals surface area contributed by atoms with Gasteiger partial charge in [0.1, 0.15) is 0 Å². The Labute approximate surface area is 77.9 Å². The van der Waals surface area contributed by atoms with Gasteiger partial charge in [-0.25, -0.2) is 0 Å². The molecule has 0 saturated heterocycles. The molecule has 0 amide bonds. The summed E-state index contributed by atoms with van der Waals surface area (Å²) in [4.78, 5) is 0. The Morgan fingerprint density at radius 3 is 2.38 bits per heavy atom. The Hall–Kier alpha value is -1.22. The Morgan fingerprint density at radius 2 is 1.85 bits per heavy atom. The molecule has 0 aliphatic heterocycles. The Balaban J connectivity index is 2.80. The standard InChI is InChI=1S/C10H14O3/c1-10(2,12-3)13-9-7-5-4-6-8(9)11/h4-7,11H,1-3H3. The molecule has 1 rings (SSSR count). The van der Waals surface area contributed by atoms with Crippen LogP contribution in [-0.4, -0.2) is 18.0 Å². The van der Waals surface area contributed by atoms with Crippen LogP contribution in [0.15, 0.2) is 24.3 Å². The fourth-order valence-electron chi connectivity index (χ4n) is 0.850. The second kappa shape index (κ2) is 3.66. The van der Waals surface area contributed by atoms with E-state index in [0.29, 0.717) is 5.75 Å². The van der Waals surface area contributed by atoms with E-state index in [2.05, 4.69) is 0 Å². The first-order chi connectivity index (χ1) is 6.05. The SMILES string of the molecule is COC(C)(C)Oc1ccccc1O. The maximum Gasteiger partial charge on any atom is 0.204 e. The van der Waals surface area contributed by atoms with Gasteiger partial charge in [-0.05, 0) is 12.1 Å². The van der Waals surface area contributed by atoms with Crippen LogP contribution < -0.4 is 4.74 Å². The lowest BCUT2D eigenvalue weighted by molar-refractivity contribution is -0.135. The third-order valence-corrected chi connectivity index (χ3v) is 1.71. The number of benzene rings is 1. The van der Waals surface area contributed by atoms with Gasteiger partial charge in [0.25, 0.3) is 0 Å². The predicted molar refractivity (Wildman–Crippen MR) is 49.8 cm³/mol. The van der Waals surface area contributed by atoms with Crippen molar-refractivity contribution < 1.29 is 14.6 Å². The highest BCUT2D eigenvalue weighted by molar-refractivity contribution is 5.38. The molecule has 1 N–H and O–H groups in total. The molecule has 0 atom stereocenters. The molecule has 1 aromatic carbocycles. The van der Waals surface area contributed by atoms with Crippen LogP contribution in [0.2, 0.25) is 0 Å². The monoisotopic (exact) mass is 182 g/mol. The lowest BCUT2D eigenvalue weighted by Crippen LogP contribution is -2.30. The number of phenolic OH excluding ortho intramolecular Hbond substituents is 1. The average molecular weight is 182 g/mol. The summed E-state index contributed by atoms with van der Waals surface area (Å²) in [5.41, 5.74) is 0. The van der Waals surface area contributed by atoms with Crippen molar-refractivity contribution in [2.24, 2.45) is 0 Å². The predicted octanol–water partition coefficient (Wildman–Crippen LogP) is 2.15. The molecule has 0 unspecified atom stereocenters. The summed E-state index contributed by atoms with van der Waals surface area (Å²) in [5, 5.41) is 9.39. The number of aromatic hydroxyl groups is 1. The molecule has 13 heavy (non-hydrogen) atoms. The van der Waals surface area contributed by atoms with Crippen LogP contribution in [0.4, 0.5) is 0 Å². The third kappa shape index (κ3) is 2.63. The van der Waals surface area contributed by atoms with E-state index < -0.39 is 5.79 Å². The first kappa shape index (κ1) is 9.86. The summed E-state index contributed by atoms with van der Waals surface area (Å²) in [6, 6.07) is 6.79. The van der Waals surface area contributed by atoms with Crippen molar-refractivity contribution in [2.45, 2.75) is 19.6 Å². The molecule has 0 spiro atoms. The van der Waals surface area contributed by atoms with E-state index in [-0.39, 0.29) is 5.75 Å². The minimum atomic E-state index is -0.723. The van der Waals surface area contributed by atoms with Gasteiger partial charge in [0.15, 0.2) is 11.5 Å². The second-order valence-electron chi connectivity index (χ2n) is 3.17. The molecule has 0 aliphatic carbocycles. The maximum atomic E-state index is 9.39. The third-order valence-electron chi connectivity index (χ3n) is 1.71. The van der Waals surface area contributed by atoms with Crippen molar-refractivity contribution in [3.63, 3.8) is 0 Å². The number of phenols is 1. The lowest BCUT2D eigenvalue weighted by Gasteiger charge is -2.24. The minimum absolute atomic E-state index is 0.118. The van der Waals surface area contributed by atoms with Crippen LogP contribution >= 0.6 is 0 Å². The van der Waals surface area contributed by atoms with Gasteiger partial charge in [-0.2, -0.15) is 0 Å². The van der Waals surface area contributed by atoms with E-state index in [1.807, 2.05) is 0 Å². The molecule has 0 saturated carbocycles. The van der Waals surface area contributed by atoms with Crippen LogP contribution in [0.3, 0.4) is 0 Å². The molecule has 0 radical (unpaired) electrons. The zero-order valence-corrected chi connectivity index (χ0v) is 8.07. The summed E-state index contributed by atoms with van der Waals surface area (Å²) in [6.07, 6.45) is 0. The maximum absolute atomic E-state index is 9.39. The minimum Gasteiger partial charge on any atom is -0.504 e. The largest absolute Gasteiger partial charge is 0.504 e. The van der Waals surface area contributed by atoms with Crippen molar-refractivity contribution in [3.05, 3.63) is 24.3 Å². The first-order valence-corrected chi connectivity index (χ1v) is 4.07. The Kier molecular flexibility index (Phi) is 2.78. The van der Waals surface area contributed by atoms with Crippen molar-refractivity contribution in [1.29, 1.82) is 0 Å². The van der Waals surface area contributed by atoms with Crippen LogP contribution in [0, 0.1) is 0 Å². The summed E-state index contributed by atoms with van der Waals surface area (Å²) in [5.74, 6) is -0.180. The summed E-state index contributed by atoms with van der Waals surface area (Å²) >= 11 is 0. The van der Waals surface area contributed by atoms with Gasteiger partial charge in [-0.1, -0.05) is 12.1 Å². The average Bonchev–Trinajstić information content (AvgIpc) is 2.09. The van der Waals surface area contributed by atoms with Gasteiger partial charge >= 0.3 is 0 Å². The van der Waals surface area contributed by atoms with Gasteiger partial charge < -0.3 is 14.6 Å². The summed E-state index contributed by atoms with van der Waals surface area (Å²) in [7, 11) is 1.56. The first-order valence-electron chi connectivity index (χ1n) is 4.07. The molecule has 1 aromatic rings. The zero-order valence-electron chi connectivity index (χ0n) is 8.07. The van der Waals surface area contributed by atoms with Gasteiger partial charge in [-0.3, -0.25) is 0 Å². The van der Waals surface area contributed by atoms with Crippen LogP contribution in [0.5, 0.6) is 11.5 Å². The van der Waals surface area contributed by atoms with Gasteiger partial charge in [0.2, 0.25) is 5.79 Å². The van der Waals surface area contributed by atoms with Gasteiger partial charge in [-0.15, -0.1) is 0 Å². The van der Waals surface area contributed by atoms with Crippen LogP contribution in [0.1, 0.15) is 13.8 Å². The van der Waals surface area contributed by atoms with Crippen molar-refractivity contribution in [2.75, 3.05) is 7.11 Å². The van der Waals surface area contributed by atoms with E-state index in [1.54, 1.807) is 45.2 Å². The van der Waals surface area contributed by atoms with Crippen LogP contribution in [0.25, 0.3) is 0 Å². The van der Waals surface area contributed by atoms with Crippen molar-refractivity contribution >= 4 is 0 Å². The fraction of sp³-hybridized carbons (Fsp3) is 0.400. The smallest absolute Gasteiger partial charge is 0.204 e. The number of hydrogen-bond acceptors (Lipinski definition) is 3. The highest BCUT2D eigenvalue weighted by Gasteiger charge is 2.19. The van der Waals surface area contributed by atoms with E-state index in [9.17, 15) is 5.11 Å². The molecule has 3 heteroatoms. The molecule has 0 fully saturated rings. The molecule has 0 aromatic heterocycles. The zero-order chi connectivity index (χ0) is 9.90. The lowest BCUT2D eigenvalue weighted by atomic mass is 10.3. The van der Waals surface area contributed by atoms with Crippen molar-refractivity contribution in [1.82, 2.24) is 0 Å². The number of hydrogen-bond donors (Lipinski definition) is 1. The Bertz CT molecular complexity index is 281. The number of para-hydroxylation sites is 2. The van der Waals surface area contributed by atoms with E-state index in [1.165, 1.54) is 0 Å². The van der Waals surface area contributed by atoms with Gasteiger partial charge in [0.05, 0.1) is 0 Å².